The average Bonchev–Trinajstić information content (AvgIpc) is 2.19. The number of hydrogen-bond donors (Lipinski definition) is 1. The molecule has 92 valence electrons. The predicted octanol–water partition coefficient (Wildman–Crippen LogP) is 1.98. The number of ether oxygens (including phenoxy) is 1. The second-order valence-electron chi connectivity index (χ2n) is 3.79. The van der Waals surface area contributed by atoms with Gasteiger partial charge in [-0.15, -0.1) is 0 Å². The van der Waals surface area contributed by atoms with Gasteiger partial charge in [0.2, 0.25) is 0 Å². The molecule has 0 aliphatic heterocycles. The number of carbonyl (C=O) groups is 1. The molecule has 0 fully saturated rings. The largest absolute Gasteiger partial charge is 0.478 e. The highest BCUT2D eigenvalue weighted by Crippen LogP contribution is 2.30. The van der Waals surface area contributed by atoms with Gasteiger partial charge in [-0.1, -0.05) is 0 Å². The minimum atomic E-state index is -1.64. The molecule has 0 unspecified atom stereocenters. The molecule has 0 aromatic heterocycles. The van der Waals surface area contributed by atoms with Gasteiger partial charge < -0.3 is 9.84 Å². The van der Waals surface area contributed by atoms with Crippen LogP contribution in [0.5, 0.6) is 5.75 Å². The summed E-state index contributed by atoms with van der Waals surface area (Å²) in [7, 11) is 0. The molecule has 0 amide bonds. The van der Waals surface area contributed by atoms with Crippen molar-refractivity contribution in [2.75, 3.05) is 0 Å². The van der Waals surface area contributed by atoms with E-state index < -0.39 is 28.0 Å². The first kappa shape index (κ1) is 12.9. The molecule has 1 aromatic rings. The Morgan fingerprint density at radius 3 is 2.59 bits per heavy atom. The van der Waals surface area contributed by atoms with Crippen molar-refractivity contribution in [3.05, 3.63) is 34.1 Å². The number of aliphatic carboxylic acids is 1. The highest BCUT2D eigenvalue weighted by atomic mass is 19.1. The van der Waals surface area contributed by atoms with Crippen LogP contribution < -0.4 is 4.74 Å². The van der Waals surface area contributed by atoms with Crippen molar-refractivity contribution in [3.63, 3.8) is 0 Å². The van der Waals surface area contributed by atoms with Crippen molar-refractivity contribution in [1.29, 1.82) is 0 Å². The molecular weight excluding hydrogens is 233 g/mol. The Balaban J connectivity index is 3.15. The second-order valence-corrected chi connectivity index (χ2v) is 3.79. The van der Waals surface area contributed by atoms with Gasteiger partial charge in [0.05, 0.1) is 11.0 Å². The minimum Gasteiger partial charge on any atom is -0.478 e. The quantitative estimate of drug-likeness (QED) is 0.645. The molecule has 0 bridgehead atoms. The van der Waals surface area contributed by atoms with Crippen LogP contribution in [-0.2, 0) is 4.79 Å². The molecule has 1 N–H and O–H groups in total. The van der Waals surface area contributed by atoms with Crippen molar-refractivity contribution in [2.24, 2.45) is 0 Å². The van der Waals surface area contributed by atoms with E-state index in [-0.39, 0.29) is 5.75 Å². The number of nitro groups is 1. The summed E-state index contributed by atoms with van der Waals surface area (Å²) < 4.78 is 17.8. The average molecular weight is 243 g/mol. The van der Waals surface area contributed by atoms with E-state index in [0.29, 0.717) is 6.07 Å². The lowest BCUT2D eigenvalue weighted by atomic mass is 10.1. The maximum atomic E-state index is 12.8. The van der Waals surface area contributed by atoms with Crippen LogP contribution in [0.4, 0.5) is 10.1 Å². The Morgan fingerprint density at radius 2 is 2.12 bits per heavy atom. The zero-order valence-corrected chi connectivity index (χ0v) is 9.14. The molecule has 0 atom stereocenters. The molecule has 0 saturated heterocycles. The van der Waals surface area contributed by atoms with Crippen LogP contribution >= 0.6 is 0 Å². The smallest absolute Gasteiger partial charge is 0.347 e. The fourth-order valence-corrected chi connectivity index (χ4v) is 1.04. The number of rotatable bonds is 4. The van der Waals surface area contributed by atoms with Gasteiger partial charge in [0.25, 0.3) is 0 Å². The van der Waals surface area contributed by atoms with E-state index in [4.69, 9.17) is 9.84 Å². The lowest BCUT2D eigenvalue weighted by Crippen LogP contribution is -2.38. The van der Waals surface area contributed by atoms with Crippen molar-refractivity contribution in [3.8, 4) is 5.75 Å². The zero-order chi connectivity index (χ0) is 13.2. The number of nitro benzene ring substituents is 1. The molecule has 0 saturated carbocycles. The molecule has 0 aliphatic rings. The lowest BCUT2D eigenvalue weighted by molar-refractivity contribution is -0.386. The van der Waals surface area contributed by atoms with Crippen LogP contribution in [0.2, 0.25) is 0 Å². The Hall–Kier alpha value is -2.18. The first-order chi connectivity index (χ1) is 7.74. The topological polar surface area (TPSA) is 89.7 Å². The molecule has 7 heteroatoms. The van der Waals surface area contributed by atoms with Crippen molar-refractivity contribution in [2.45, 2.75) is 19.4 Å². The van der Waals surface area contributed by atoms with Crippen LogP contribution in [0.25, 0.3) is 0 Å². The third kappa shape index (κ3) is 2.90. The summed E-state index contributed by atoms with van der Waals surface area (Å²) in [6, 6.07) is 2.66. The zero-order valence-electron chi connectivity index (χ0n) is 9.14. The van der Waals surface area contributed by atoms with Gasteiger partial charge in [-0.05, 0) is 26.0 Å². The third-order valence-corrected chi connectivity index (χ3v) is 2.00. The van der Waals surface area contributed by atoms with Gasteiger partial charge in [0.15, 0.2) is 11.4 Å². The lowest BCUT2D eigenvalue weighted by Gasteiger charge is -2.21. The molecule has 0 radical (unpaired) electrons. The van der Waals surface area contributed by atoms with E-state index in [9.17, 15) is 19.3 Å². The second kappa shape index (κ2) is 4.36. The molecule has 6 nitrogen and oxygen atoms in total. The van der Waals surface area contributed by atoms with Gasteiger partial charge in [-0.3, -0.25) is 10.1 Å². The number of benzene rings is 1. The number of hydrogen-bond acceptors (Lipinski definition) is 4. The first-order valence-electron chi connectivity index (χ1n) is 4.60. The van der Waals surface area contributed by atoms with Crippen molar-refractivity contribution >= 4 is 11.7 Å². The van der Waals surface area contributed by atoms with Gasteiger partial charge in [-0.25, -0.2) is 9.18 Å². The summed E-state index contributed by atoms with van der Waals surface area (Å²) in [4.78, 5) is 20.6. The van der Waals surface area contributed by atoms with Crippen molar-refractivity contribution in [1.82, 2.24) is 0 Å². The highest BCUT2D eigenvalue weighted by molar-refractivity contribution is 5.77. The SMILES string of the molecule is CC(C)(Oc1ccc(F)cc1[N+](=O)[O-])C(=O)O. The number of nitrogens with zero attached hydrogens (tertiary/aromatic N) is 1. The number of carboxylic acids is 1. The van der Waals surface area contributed by atoms with E-state index >= 15 is 0 Å². The molecule has 0 spiro atoms. The Labute approximate surface area is 95.8 Å². The van der Waals surface area contributed by atoms with Gasteiger partial charge >= 0.3 is 11.7 Å². The molecular formula is C10H10FNO5. The van der Waals surface area contributed by atoms with E-state index in [1.807, 2.05) is 0 Å². The molecule has 0 heterocycles. The van der Waals surface area contributed by atoms with E-state index in [2.05, 4.69) is 0 Å². The van der Waals surface area contributed by atoms with Gasteiger partial charge in [0, 0.05) is 0 Å². The van der Waals surface area contributed by atoms with Gasteiger partial charge in [-0.2, -0.15) is 0 Å². The first-order valence-corrected chi connectivity index (χ1v) is 4.60. The Kier molecular flexibility index (Phi) is 3.31. The highest BCUT2D eigenvalue weighted by Gasteiger charge is 2.32. The normalized spacial score (nSPS) is 11.0. The third-order valence-electron chi connectivity index (χ3n) is 2.00. The molecule has 17 heavy (non-hydrogen) atoms. The fraction of sp³-hybridized carbons (Fsp3) is 0.300. The van der Waals surface area contributed by atoms with Crippen LogP contribution in [0, 0.1) is 15.9 Å². The summed E-state index contributed by atoms with van der Waals surface area (Å²) in [5.74, 6) is -2.36. The summed E-state index contributed by atoms with van der Waals surface area (Å²) >= 11 is 0. The number of carboxylic acid groups (broad SMARTS) is 1. The van der Waals surface area contributed by atoms with Crippen LogP contribution in [0.3, 0.4) is 0 Å². The van der Waals surface area contributed by atoms with Gasteiger partial charge in [0.1, 0.15) is 5.82 Å². The Morgan fingerprint density at radius 1 is 1.53 bits per heavy atom. The predicted molar refractivity (Wildman–Crippen MR) is 55.4 cm³/mol. The van der Waals surface area contributed by atoms with Crippen LogP contribution in [-0.4, -0.2) is 21.6 Å². The summed E-state index contributed by atoms with van der Waals surface area (Å²) in [5, 5.41) is 19.5. The summed E-state index contributed by atoms with van der Waals surface area (Å²) in [6.07, 6.45) is 0. The fourth-order valence-electron chi connectivity index (χ4n) is 1.04. The molecule has 1 rings (SSSR count). The maximum absolute atomic E-state index is 12.8. The Bertz CT molecular complexity index is 472. The standard InChI is InChI=1S/C10H10FNO5/c1-10(2,9(13)14)17-8-4-3-6(11)5-7(8)12(15)16/h3-5H,1-2H3,(H,13,14). The summed E-state index contributed by atoms with van der Waals surface area (Å²) in [6.45, 7) is 2.48. The van der Waals surface area contributed by atoms with Crippen LogP contribution in [0.1, 0.15) is 13.8 Å². The van der Waals surface area contributed by atoms with E-state index in [0.717, 1.165) is 12.1 Å². The molecule has 1 aromatic carbocycles. The maximum Gasteiger partial charge on any atom is 0.347 e. The van der Waals surface area contributed by atoms with Crippen LogP contribution in [0.15, 0.2) is 18.2 Å². The number of halogens is 1. The summed E-state index contributed by atoms with van der Waals surface area (Å²) in [5.41, 5.74) is -2.25. The minimum absolute atomic E-state index is 0.288. The van der Waals surface area contributed by atoms with E-state index in [1.54, 1.807) is 0 Å². The molecule has 0 aliphatic carbocycles. The van der Waals surface area contributed by atoms with E-state index in [1.165, 1.54) is 13.8 Å². The monoisotopic (exact) mass is 243 g/mol. The van der Waals surface area contributed by atoms with Crippen molar-refractivity contribution < 1.29 is 24.0 Å².